The van der Waals surface area contributed by atoms with E-state index in [0.717, 1.165) is 18.0 Å². The Hall–Kier alpha value is -2.82. The first kappa shape index (κ1) is 20.9. The summed E-state index contributed by atoms with van der Waals surface area (Å²) in [5.41, 5.74) is 0.539. The smallest absolute Gasteiger partial charge is 0.414 e. The molecule has 0 spiro atoms. The Morgan fingerprint density at radius 3 is 2.55 bits per heavy atom. The van der Waals surface area contributed by atoms with Gasteiger partial charge in [0, 0.05) is 30.2 Å². The van der Waals surface area contributed by atoms with Crippen LogP contribution in [0, 0.1) is 5.82 Å². The molecule has 0 bridgehead atoms. The molecule has 8 nitrogen and oxygen atoms in total. The highest BCUT2D eigenvalue weighted by molar-refractivity contribution is 7.13. The van der Waals surface area contributed by atoms with E-state index >= 15 is 0 Å². The standard InChI is InChI=1S/C16H13ClFN3OS.C2H2O4/c17-12-3-1-4-13(18)11(12)9-21-7-10(8-21)16-19-15(20-22-16)14-5-2-6-23-14;3-1(4)2(5)6/h1-6,10H,7-9H2;(H,3,4)(H,5,6). The van der Waals surface area contributed by atoms with E-state index < -0.39 is 11.9 Å². The van der Waals surface area contributed by atoms with Gasteiger partial charge in [0.15, 0.2) is 0 Å². The number of nitrogens with zero attached hydrogens (tertiary/aromatic N) is 3. The maximum Gasteiger partial charge on any atom is 0.414 e. The molecule has 4 rings (SSSR count). The molecular formula is C18H15ClFN3O5S. The van der Waals surface area contributed by atoms with Crippen molar-refractivity contribution < 1.29 is 28.7 Å². The summed E-state index contributed by atoms with van der Waals surface area (Å²) in [4.78, 5) is 25.8. The van der Waals surface area contributed by atoms with Crippen molar-refractivity contribution in [1.82, 2.24) is 15.0 Å². The number of aliphatic carboxylic acids is 2. The number of aromatic nitrogens is 2. The number of carbonyl (C=O) groups is 2. The maximum absolute atomic E-state index is 13.8. The summed E-state index contributed by atoms with van der Waals surface area (Å²) in [6, 6.07) is 8.68. The normalized spacial score (nSPS) is 14.0. The summed E-state index contributed by atoms with van der Waals surface area (Å²) < 4.78 is 19.2. The molecule has 2 aromatic heterocycles. The number of halogens is 2. The molecule has 0 saturated carbocycles. The van der Waals surface area contributed by atoms with Gasteiger partial charge in [-0.25, -0.2) is 14.0 Å². The van der Waals surface area contributed by atoms with Gasteiger partial charge in [-0.15, -0.1) is 11.3 Å². The maximum atomic E-state index is 13.8. The average Bonchev–Trinajstić information content (AvgIpc) is 3.32. The molecule has 152 valence electrons. The SMILES string of the molecule is Fc1cccc(Cl)c1CN1CC(c2nc(-c3cccs3)no2)C1.O=C(O)C(=O)O. The number of thiophene rings is 1. The minimum atomic E-state index is -1.82. The summed E-state index contributed by atoms with van der Waals surface area (Å²) in [7, 11) is 0. The number of rotatable bonds is 4. The minimum absolute atomic E-state index is 0.196. The predicted octanol–water partition coefficient (Wildman–Crippen LogP) is 3.35. The molecule has 2 N–H and O–H groups in total. The highest BCUT2D eigenvalue weighted by Crippen LogP contribution is 2.31. The van der Waals surface area contributed by atoms with Crippen LogP contribution in [0.5, 0.6) is 0 Å². The van der Waals surface area contributed by atoms with Gasteiger partial charge in [0.1, 0.15) is 5.82 Å². The van der Waals surface area contributed by atoms with Gasteiger partial charge in [-0.1, -0.05) is 28.9 Å². The van der Waals surface area contributed by atoms with E-state index in [0.29, 0.717) is 28.8 Å². The van der Waals surface area contributed by atoms with Crippen LogP contribution in [-0.4, -0.2) is 50.3 Å². The van der Waals surface area contributed by atoms with Crippen molar-refractivity contribution in [2.45, 2.75) is 12.5 Å². The van der Waals surface area contributed by atoms with Crippen LogP contribution in [0.1, 0.15) is 17.4 Å². The van der Waals surface area contributed by atoms with Crippen molar-refractivity contribution in [2.75, 3.05) is 13.1 Å². The van der Waals surface area contributed by atoms with Crippen LogP contribution >= 0.6 is 22.9 Å². The third-order valence-corrected chi connectivity index (χ3v) is 5.34. The number of hydrogen-bond acceptors (Lipinski definition) is 7. The zero-order chi connectivity index (χ0) is 21.0. The highest BCUT2D eigenvalue weighted by Gasteiger charge is 2.33. The van der Waals surface area contributed by atoms with Gasteiger partial charge in [0.05, 0.1) is 10.8 Å². The van der Waals surface area contributed by atoms with Gasteiger partial charge in [-0.2, -0.15) is 4.98 Å². The van der Waals surface area contributed by atoms with Crippen molar-refractivity contribution in [3.8, 4) is 10.7 Å². The van der Waals surface area contributed by atoms with Gasteiger partial charge in [-0.3, -0.25) is 4.90 Å². The molecule has 1 fully saturated rings. The Balaban J connectivity index is 0.000000353. The van der Waals surface area contributed by atoms with Crippen LogP contribution in [0.3, 0.4) is 0 Å². The number of hydrogen-bond donors (Lipinski definition) is 2. The first-order chi connectivity index (χ1) is 13.8. The molecule has 1 saturated heterocycles. The van der Waals surface area contributed by atoms with Crippen LogP contribution < -0.4 is 0 Å². The van der Waals surface area contributed by atoms with Gasteiger partial charge in [0.25, 0.3) is 0 Å². The number of likely N-dealkylation sites (tertiary alicyclic amines) is 1. The number of carboxylic acid groups (broad SMARTS) is 2. The molecule has 0 atom stereocenters. The molecule has 29 heavy (non-hydrogen) atoms. The summed E-state index contributed by atoms with van der Waals surface area (Å²) >= 11 is 7.64. The topological polar surface area (TPSA) is 117 Å². The molecule has 3 aromatic rings. The van der Waals surface area contributed by atoms with Crippen LogP contribution in [0.2, 0.25) is 5.02 Å². The molecule has 1 aliphatic heterocycles. The summed E-state index contributed by atoms with van der Waals surface area (Å²) in [6.07, 6.45) is 0. The van der Waals surface area contributed by atoms with Crippen LogP contribution in [0.25, 0.3) is 10.7 Å². The quantitative estimate of drug-likeness (QED) is 0.594. The Morgan fingerprint density at radius 1 is 1.24 bits per heavy atom. The third-order valence-electron chi connectivity index (χ3n) is 4.12. The molecule has 3 heterocycles. The molecule has 0 aliphatic carbocycles. The van der Waals surface area contributed by atoms with E-state index in [-0.39, 0.29) is 11.7 Å². The van der Waals surface area contributed by atoms with E-state index in [1.165, 1.54) is 6.07 Å². The molecule has 0 unspecified atom stereocenters. The molecular weight excluding hydrogens is 425 g/mol. The van der Waals surface area contributed by atoms with Crippen molar-refractivity contribution in [3.05, 3.63) is 58.0 Å². The van der Waals surface area contributed by atoms with Gasteiger partial charge in [0.2, 0.25) is 11.7 Å². The first-order valence-electron chi connectivity index (χ1n) is 8.34. The molecule has 0 amide bonds. The second-order valence-corrected chi connectivity index (χ2v) is 7.49. The minimum Gasteiger partial charge on any atom is -0.473 e. The second-order valence-electron chi connectivity index (χ2n) is 6.14. The van der Waals surface area contributed by atoms with E-state index in [9.17, 15) is 4.39 Å². The second kappa shape index (κ2) is 9.12. The lowest BCUT2D eigenvalue weighted by Crippen LogP contribution is -2.44. The average molecular weight is 440 g/mol. The molecule has 1 aromatic carbocycles. The lowest BCUT2D eigenvalue weighted by Gasteiger charge is -2.37. The largest absolute Gasteiger partial charge is 0.473 e. The van der Waals surface area contributed by atoms with Crippen LogP contribution in [0.4, 0.5) is 4.39 Å². The van der Waals surface area contributed by atoms with E-state index in [4.69, 9.17) is 35.9 Å². The van der Waals surface area contributed by atoms with Gasteiger partial charge < -0.3 is 14.7 Å². The first-order valence-corrected chi connectivity index (χ1v) is 9.60. The predicted molar refractivity (Wildman–Crippen MR) is 102 cm³/mol. The van der Waals surface area contributed by atoms with Gasteiger partial charge >= 0.3 is 11.9 Å². The van der Waals surface area contributed by atoms with Crippen molar-refractivity contribution in [1.29, 1.82) is 0 Å². The van der Waals surface area contributed by atoms with Gasteiger partial charge in [-0.05, 0) is 23.6 Å². The summed E-state index contributed by atoms with van der Waals surface area (Å²) in [6.45, 7) is 2.02. The Labute approximate surface area is 173 Å². The Bertz CT molecular complexity index is 973. The zero-order valence-electron chi connectivity index (χ0n) is 14.8. The third kappa shape index (κ3) is 5.17. The van der Waals surface area contributed by atoms with Crippen LogP contribution in [-0.2, 0) is 16.1 Å². The fraction of sp³-hybridized carbons (Fsp3) is 0.222. The molecule has 1 aliphatic rings. The lowest BCUT2D eigenvalue weighted by atomic mass is 9.99. The molecule has 0 radical (unpaired) electrons. The highest BCUT2D eigenvalue weighted by atomic mass is 35.5. The number of benzene rings is 1. The Morgan fingerprint density at radius 2 is 1.97 bits per heavy atom. The van der Waals surface area contributed by atoms with Crippen LogP contribution in [0.15, 0.2) is 40.2 Å². The molecule has 11 heteroatoms. The van der Waals surface area contributed by atoms with E-state index in [2.05, 4.69) is 15.0 Å². The number of carboxylic acids is 2. The monoisotopic (exact) mass is 439 g/mol. The fourth-order valence-corrected chi connectivity index (χ4v) is 3.54. The Kier molecular flexibility index (Phi) is 6.57. The van der Waals surface area contributed by atoms with Crippen molar-refractivity contribution in [2.24, 2.45) is 0 Å². The summed E-state index contributed by atoms with van der Waals surface area (Å²) in [5, 5.41) is 21.3. The van der Waals surface area contributed by atoms with Crippen molar-refractivity contribution in [3.63, 3.8) is 0 Å². The summed E-state index contributed by atoms with van der Waals surface area (Å²) in [5.74, 6) is -2.44. The fourth-order valence-electron chi connectivity index (χ4n) is 2.67. The zero-order valence-corrected chi connectivity index (χ0v) is 16.4. The van der Waals surface area contributed by atoms with E-state index in [1.807, 2.05) is 17.5 Å². The van der Waals surface area contributed by atoms with E-state index in [1.54, 1.807) is 23.5 Å². The lowest BCUT2D eigenvalue weighted by molar-refractivity contribution is -0.159. The van der Waals surface area contributed by atoms with Crippen molar-refractivity contribution >= 4 is 34.9 Å².